The van der Waals surface area contributed by atoms with Gasteiger partial charge in [-0.3, -0.25) is 4.79 Å². The number of rotatable bonds is 7. The van der Waals surface area contributed by atoms with Gasteiger partial charge in [0.2, 0.25) is 5.91 Å². The summed E-state index contributed by atoms with van der Waals surface area (Å²) in [7, 11) is 0. The second kappa shape index (κ2) is 8.69. The van der Waals surface area contributed by atoms with Crippen LogP contribution in [0.15, 0.2) is 24.3 Å². The lowest BCUT2D eigenvalue weighted by Gasteiger charge is -2.10. The standard InChI is InChI=1S/C14H18BrNO3/c1-2-19-14(18)11-7-3-4-8-12(11)16-13(17)9-5-6-10-15/h3-4,7-8H,2,5-6,9-10H2,1H3,(H,16,17). The second-order valence-electron chi connectivity index (χ2n) is 3.96. The van der Waals surface area contributed by atoms with E-state index in [1.807, 2.05) is 0 Å². The molecule has 0 fully saturated rings. The van der Waals surface area contributed by atoms with E-state index in [1.165, 1.54) is 0 Å². The van der Waals surface area contributed by atoms with Crippen molar-refractivity contribution in [2.75, 3.05) is 17.3 Å². The number of carbonyl (C=O) groups excluding carboxylic acids is 2. The van der Waals surface area contributed by atoms with E-state index in [2.05, 4.69) is 21.2 Å². The van der Waals surface area contributed by atoms with E-state index < -0.39 is 5.97 Å². The van der Waals surface area contributed by atoms with Gasteiger partial charge in [0.25, 0.3) is 0 Å². The van der Waals surface area contributed by atoms with Crippen molar-refractivity contribution in [3.63, 3.8) is 0 Å². The Balaban J connectivity index is 2.67. The Morgan fingerprint density at radius 1 is 1.26 bits per heavy atom. The number of benzene rings is 1. The Morgan fingerprint density at radius 3 is 2.68 bits per heavy atom. The van der Waals surface area contributed by atoms with Crippen LogP contribution in [-0.2, 0) is 9.53 Å². The van der Waals surface area contributed by atoms with Crippen LogP contribution in [0.4, 0.5) is 5.69 Å². The number of unbranched alkanes of at least 4 members (excludes halogenated alkanes) is 1. The summed E-state index contributed by atoms with van der Waals surface area (Å²) in [5, 5.41) is 3.64. The van der Waals surface area contributed by atoms with Gasteiger partial charge < -0.3 is 10.1 Å². The van der Waals surface area contributed by atoms with Crippen molar-refractivity contribution < 1.29 is 14.3 Å². The zero-order chi connectivity index (χ0) is 14.1. The number of hydrogen-bond acceptors (Lipinski definition) is 3. The average molecular weight is 328 g/mol. The number of nitrogens with one attached hydrogen (secondary N) is 1. The molecule has 5 heteroatoms. The second-order valence-corrected chi connectivity index (χ2v) is 4.75. The summed E-state index contributed by atoms with van der Waals surface area (Å²) >= 11 is 3.32. The number of esters is 1. The lowest BCUT2D eigenvalue weighted by Crippen LogP contribution is -2.15. The maximum absolute atomic E-state index is 11.7. The van der Waals surface area contributed by atoms with Crippen molar-refractivity contribution >= 4 is 33.5 Å². The highest BCUT2D eigenvalue weighted by Gasteiger charge is 2.13. The molecule has 0 bridgehead atoms. The van der Waals surface area contributed by atoms with E-state index in [9.17, 15) is 9.59 Å². The van der Waals surface area contributed by atoms with E-state index in [1.54, 1.807) is 31.2 Å². The molecule has 0 aromatic heterocycles. The fourth-order valence-electron chi connectivity index (χ4n) is 1.57. The molecule has 1 aromatic rings. The first-order chi connectivity index (χ1) is 9.19. The first kappa shape index (κ1) is 15.7. The van der Waals surface area contributed by atoms with Crippen LogP contribution in [0.5, 0.6) is 0 Å². The summed E-state index contributed by atoms with van der Waals surface area (Å²) < 4.78 is 4.95. The van der Waals surface area contributed by atoms with Crippen molar-refractivity contribution in [1.29, 1.82) is 0 Å². The van der Waals surface area contributed by atoms with Gasteiger partial charge in [0.05, 0.1) is 17.9 Å². The molecule has 0 unspecified atom stereocenters. The van der Waals surface area contributed by atoms with Crippen LogP contribution in [0.3, 0.4) is 0 Å². The minimum Gasteiger partial charge on any atom is -0.462 e. The van der Waals surface area contributed by atoms with Crippen LogP contribution >= 0.6 is 15.9 Å². The fraction of sp³-hybridized carbons (Fsp3) is 0.429. The van der Waals surface area contributed by atoms with Crippen molar-refractivity contribution in [3.05, 3.63) is 29.8 Å². The molecule has 0 aliphatic rings. The van der Waals surface area contributed by atoms with Gasteiger partial charge in [-0.1, -0.05) is 28.1 Å². The van der Waals surface area contributed by atoms with Crippen molar-refractivity contribution in [3.8, 4) is 0 Å². The molecule has 1 N–H and O–H groups in total. The molecular weight excluding hydrogens is 310 g/mol. The number of para-hydroxylation sites is 1. The summed E-state index contributed by atoms with van der Waals surface area (Å²) in [5.74, 6) is -0.503. The molecule has 4 nitrogen and oxygen atoms in total. The van der Waals surface area contributed by atoms with E-state index in [0.717, 1.165) is 18.2 Å². The molecule has 0 saturated heterocycles. The predicted octanol–water partition coefficient (Wildman–Crippen LogP) is 3.37. The number of alkyl halides is 1. The zero-order valence-electron chi connectivity index (χ0n) is 10.9. The van der Waals surface area contributed by atoms with Crippen molar-refractivity contribution in [2.24, 2.45) is 0 Å². The minimum absolute atomic E-state index is 0.0855. The molecular formula is C14H18BrNO3. The smallest absolute Gasteiger partial charge is 0.340 e. The number of halogens is 1. The van der Waals surface area contributed by atoms with Crippen LogP contribution in [0, 0.1) is 0 Å². The molecule has 1 aromatic carbocycles. The maximum atomic E-state index is 11.7. The summed E-state index contributed by atoms with van der Waals surface area (Å²) in [5.41, 5.74) is 0.892. The quantitative estimate of drug-likeness (QED) is 0.474. The fourth-order valence-corrected chi connectivity index (χ4v) is 1.97. The molecule has 0 atom stereocenters. The molecule has 0 spiro atoms. The van der Waals surface area contributed by atoms with Crippen LogP contribution < -0.4 is 5.32 Å². The van der Waals surface area contributed by atoms with E-state index in [-0.39, 0.29) is 5.91 Å². The number of amides is 1. The Bertz CT molecular complexity index is 434. The Labute approximate surface area is 121 Å². The average Bonchev–Trinajstić information content (AvgIpc) is 2.40. The third-order valence-corrected chi connectivity index (χ3v) is 3.04. The predicted molar refractivity (Wildman–Crippen MR) is 78.7 cm³/mol. The van der Waals surface area contributed by atoms with Gasteiger partial charge in [-0.25, -0.2) is 4.79 Å². The lowest BCUT2D eigenvalue weighted by molar-refractivity contribution is -0.116. The van der Waals surface area contributed by atoms with Gasteiger partial charge in [0.15, 0.2) is 0 Å². The molecule has 0 radical (unpaired) electrons. The molecule has 0 aliphatic heterocycles. The van der Waals surface area contributed by atoms with Gasteiger partial charge in [-0.15, -0.1) is 0 Å². The highest BCUT2D eigenvalue weighted by Crippen LogP contribution is 2.16. The first-order valence-corrected chi connectivity index (χ1v) is 7.43. The number of carbonyl (C=O) groups is 2. The van der Waals surface area contributed by atoms with Gasteiger partial charge in [-0.05, 0) is 31.9 Å². The van der Waals surface area contributed by atoms with Gasteiger partial charge in [-0.2, -0.15) is 0 Å². The number of ether oxygens (including phenoxy) is 1. The Hall–Kier alpha value is -1.36. The van der Waals surface area contributed by atoms with Crippen LogP contribution in [-0.4, -0.2) is 23.8 Å². The number of hydrogen-bond donors (Lipinski definition) is 1. The molecule has 104 valence electrons. The van der Waals surface area contributed by atoms with E-state index >= 15 is 0 Å². The topological polar surface area (TPSA) is 55.4 Å². The summed E-state index contributed by atoms with van der Waals surface area (Å²) in [4.78, 5) is 23.5. The summed E-state index contributed by atoms with van der Waals surface area (Å²) in [6.07, 6.45) is 2.22. The Kier molecular flexibility index (Phi) is 7.18. The summed E-state index contributed by atoms with van der Waals surface area (Å²) in [6, 6.07) is 6.87. The lowest BCUT2D eigenvalue weighted by atomic mass is 10.1. The third-order valence-electron chi connectivity index (χ3n) is 2.48. The molecule has 0 saturated carbocycles. The Morgan fingerprint density at radius 2 is 2.00 bits per heavy atom. The SMILES string of the molecule is CCOC(=O)c1ccccc1NC(=O)CCCCBr. The largest absolute Gasteiger partial charge is 0.462 e. The molecule has 1 amide bonds. The highest BCUT2D eigenvalue weighted by molar-refractivity contribution is 9.09. The molecule has 1 rings (SSSR count). The van der Waals surface area contributed by atoms with Crippen molar-refractivity contribution in [1.82, 2.24) is 0 Å². The zero-order valence-corrected chi connectivity index (χ0v) is 12.5. The first-order valence-electron chi connectivity index (χ1n) is 6.31. The highest BCUT2D eigenvalue weighted by atomic mass is 79.9. The third kappa shape index (κ3) is 5.42. The van der Waals surface area contributed by atoms with Crippen LogP contribution in [0.1, 0.15) is 36.5 Å². The van der Waals surface area contributed by atoms with Crippen LogP contribution in [0.2, 0.25) is 0 Å². The minimum atomic E-state index is -0.418. The maximum Gasteiger partial charge on any atom is 0.340 e. The molecule has 0 aliphatic carbocycles. The molecule has 0 heterocycles. The van der Waals surface area contributed by atoms with Gasteiger partial charge >= 0.3 is 5.97 Å². The van der Waals surface area contributed by atoms with Crippen molar-refractivity contribution in [2.45, 2.75) is 26.2 Å². The van der Waals surface area contributed by atoms with Gasteiger partial charge in [0.1, 0.15) is 0 Å². The molecule has 19 heavy (non-hydrogen) atoms. The number of anilines is 1. The van der Waals surface area contributed by atoms with E-state index in [4.69, 9.17) is 4.74 Å². The van der Waals surface area contributed by atoms with E-state index in [0.29, 0.717) is 24.3 Å². The van der Waals surface area contributed by atoms with Crippen LogP contribution in [0.25, 0.3) is 0 Å². The summed E-state index contributed by atoms with van der Waals surface area (Å²) in [6.45, 7) is 2.06. The monoisotopic (exact) mass is 327 g/mol. The van der Waals surface area contributed by atoms with Gasteiger partial charge in [0, 0.05) is 11.8 Å². The normalized spacial score (nSPS) is 10.0.